The van der Waals surface area contributed by atoms with Crippen LogP contribution in [0.3, 0.4) is 0 Å². The Balaban J connectivity index is 1.75. The van der Waals surface area contributed by atoms with Gasteiger partial charge in [0.25, 0.3) is 5.69 Å². The molecular weight excluding hydrogens is 376 g/mol. The van der Waals surface area contributed by atoms with Crippen molar-refractivity contribution >= 4 is 28.9 Å². The molecular formula is C16H13ClN6O4. The highest BCUT2D eigenvalue weighted by Crippen LogP contribution is 2.29. The van der Waals surface area contributed by atoms with Crippen molar-refractivity contribution in [2.45, 2.75) is 6.54 Å². The molecule has 0 atom stereocenters. The van der Waals surface area contributed by atoms with E-state index in [-0.39, 0.29) is 29.5 Å². The summed E-state index contributed by atoms with van der Waals surface area (Å²) in [6.07, 6.45) is 0. The Hall–Kier alpha value is -3.53. The number of hydrogen-bond acceptors (Lipinski definition) is 7. The molecule has 10 nitrogen and oxygen atoms in total. The molecule has 27 heavy (non-hydrogen) atoms. The normalized spacial score (nSPS) is 10.4. The van der Waals surface area contributed by atoms with E-state index >= 15 is 0 Å². The summed E-state index contributed by atoms with van der Waals surface area (Å²) in [5, 5.41) is 25.7. The first-order valence-electron chi connectivity index (χ1n) is 7.63. The number of hydrogen-bond donors (Lipinski definition) is 1. The van der Waals surface area contributed by atoms with Crippen molar-refractivity contribution in [3.8, 4) is 17.1 Å². The van der Waals surface area contributed by atoms with E-state index in [0.29, 0.717) is 10.6 Å². The SMILES string of the molecule is COc1ccc([N+](=O)[O-])cc1NC(=O)Cn1nnc(-c2ccccc2Cl)n1. The molecule has 3 aromatic rings. The van der Waals surface area contributed by atoms with Gasteiger partial charge in [-0.25, -0.2) is 0 Å². The molecule has 0 saturated carbocycles. The van der Waals surface area contributed by atoms with E-state index in [1.165, 1.54) is 25.3 Å². The van der Waals surface area contributed by atoms with Crippen LogP contribution in [0.5, 0.6) is 5.75 Å². The van der Waals surface area contributed by atoms with Crippen LogP contribution in [-0.2, 0) is 11.3 Å². The van der Waals surface area contributed by atoms with E-state index in [1.54, 1.807) is 24.3 Å². The minimum absolute atomic E-state index is 0.170. The van der Waals surface area contributed by atoms with Crippen LogP contribution in [0.4, 0.5) is 11.4 Å². The molecule has 0 spiro atoms. The molecule has 0 aliphatic carbocycles. The Morgan fingerprint density at radius 3 is 2.81 bits per heavy atom. The number of methoxy groups -OCH3 is 1. The monoisotopic (exact) mass is 388 g/mol. The van der Waals surface area contributed by atoms with Gasteiger partial charge in [0, 0.05) is 17.7 Å². The van der Waals surface area contributed by atoms with Crippen LogP contribution in [0.25, 0.3) is 11.4 Å². The maximum absolute atomic E-state index is 12.3. The van der Waals surface area contributed by atoms with Gasteiger partial charge in [0.1, 0.15) is 12.3 Å². The Morgan fingerprint density at radius 1 is 1.33 bits per heavy atom. The molecule has 0 saturated heterocycles. The van der Waals surface area contributed by atoms with Crippen molar-refractivity contribution < 1.29 is 14.5 Å². The van der Waals surface area contributed by atoms with E-state index in [0.717, 1.165) is 4.80 Å². The maximum Gasteiger partial charge on any atom is 0.271 e. The third kappa shape index (κ3) is 4.18. The van der Waals surface area contributed by atoms with Gasteiger partial charge in [-0.15, -0.1) is 10.2 Å². The highest BCUT2D eigenvalue weighted by atomic mass is 35.5. The molecule has 0 aliphatic rings. The molecule has 0 radical (unpaired) electrons. The van der Waals surface area contributed by atoms with Crippen LogP contribution in [-0.4, -0.2) is 38.1 Å². The number of nitro benzene ring substituents is 1. The number of tetrazole rings is 1. The first kappa shape index (κ1) is 18.3. The highest BCUT2D eigenvalue weighted by molar-refractivity contribution is 6.33. The molecule has 1 heterocycles. The van der Waals surface area contributed by atoms with Crippen LogP contribution in [0.15, 0.2) is 42.5 Å². The summed E-state index contributed by atoms with van der Waals surface area (Å²) in [5.41, 5.74) is 0.584. The minimum Gasteiger partial charge on any atom is -0.495 e. The lowest BCUT2D eigenvalue weighted by molar-refractivity contribution is -0.384. The van der Waals surface area contributed by atoms with Gasteiger partial charge >= 0.3 is 0 Å². The van der Waals surface area contributed by atoms with Gasteiger partial charge in [-0.3, -0.25) is 14.9 Å². The third-order valence-corrected chi connectivity index (χ3v) is 3.85. The summed E-state index contributed by atoms with van der Waals surface area (Å²) in [7, 11) is 1.39. The Kier molecular flexibility index (Phi) is 5.27. The molecule has 2 aromatic carbocycles. The number of ether oxygens (including phenoxy) is 1. The lowest BCUT2D eigenvalue weighted by Gasteiger charge is -2.09. The number of aromatic nitrogens is 4. The number of nitro groups is 1. The second kappa shape index (κ2) is 7.79. The predicted molar refractivity (Wildman–Crippen MR) is 96.5 cm³/mol. The molecule has 138 valence electrons. The lowest BCUT2D eigenvalue weighted by Crippen LogP contribution is -2.20. The number of nitrogens with one attached hydrogen (secondary N) is 1. The summed E-state index contributed by atoms with van der Waals surface area (Å²) >= 11 is 6.09. The number of carbonyl (C=O) groups is 1. The van der Waals surface area contributed by atoms with Gasteiger partial charge < -0.3 is 10.1 Å². The molecule has 11 heteroatoms. The number of halogens is 1. The lowest BCUT2D eigenvalue weighted by atomic mass is 10.2. The first-order valence-corrected chi connectivity index (χ1v) is 8.00. The van der Waals surface area contributed by atoms with Crippen LogP contribution in [0.2, 0.25) is 5.02 Å². The number of amides is 1. The molecule has 3 rings (SSSR count). The highest BCUT2D eigenvalue weighted by Gasteiger charge is 2.15. The molecule has 1 N–H and O–H groups in total. The smallest absolute Gasteiger partial charge is 0.271 e. The van der Waals surface area contributed by atoms with Crippen LogP contribution in [0, 0.1) is 10.1 Å². The quantitative estimate of drug-likeness (QED) is 0.508. The average Bonchev–Trinajstić information content (AvgIpc) is 3.10. The maximum atomic E-state index is 12.3. The van der Waals surface area contributed by atoms with Crippen molar-refractivity contribution in [3.05, 3.63) is 57.6 Å². The summed E-state index contributed by atoms with van der Waals surface area (Å²) < 4.78 is 5.10. The van der Waals surface area contributed by atoms with Crippen molar-refractivity contribution in [2.24, 2.45) is 0 Å². The van der Waals surface area contributed by atoms with E-state index in [1.807, 2.05) is 0 Å². The Bertz CT molecular complexity index is 1010. The molecule has 1 amide bonds. The van der Waals surface area contributed by atoms with Crippen LogP contribution in [0.1, 0.15) is 0 Å². The number of carbonyl (C=O) groups excluding carboxylic acids is 1. The number of benzene rings is 2. The second-order valence-corrected chi connectivity index (χ2v) is 5.72. The molecule has 0 bridgehead atoms. The van der Waals surface area contributed by atoms with Crippen molar-refractivity contribution in [1.82, 2.24) is 20.2 Å². The number of non-ortho nitro benzene ring substituents is 1. The fourth-order valence-corrected chi connectivity index (χ4v) is 2.51. The third-order valence-electron chi connectivity index (χ3n) is 3.52. The molecule has 0 unspecified atom stereocenters. The zero-order chi connectivity index (χ0) is 19.4. The minimum atomic E-state index is -0.566. The van der Waals surface area contributed by atoms with Gasteiger partial charge in [-0.2, -0.15) is 4.80 Å². The van der Waals surface area contributed by atoms with Crippen molar-refractivity contribution in [1.29, 1.82) is 0 Å². The Labute approximate surface area is 157 Å². The number of rotatable bonds is 6. The van der Waals surface area contributed by atoms with Gasteiger partial charge in [0.05, 0.1) is 22.7 Å². The summed E-state index contributed by atoms with van der Waals surface area (Å²) in [5.74, 6) is 0.0653. The fraction of sp³-hybridized carbons (Fsp3) is 0.125. The topological polar surface area (TPSA) is 125 Å². The summed E-state index contributed by atoms with van der Waals surface area (Å²) in [6, 6.07) is 10.9. The molecule has 1 aromatic heterocycles. The van der Waals surface area contributed by atoms with Crippen molar-refractivity contribution in [3.63, 3.8) is 0 Å². The first-order chi connectivity index (χ1) is 13.0. The zero-order valence-corrected chi connectivity index (χ0v) is 14.8. The van der Waals surface area contributed by atoms with Gasteiger partial charge in [-0.1, -0.05) is 23.7 Å². The van der Waals surface area contributed by atoms with Gasteiger partial charge in [0.15, 0.2) is 0 Å². The fourth-order valence-electron chi connectivity index (χ4n) is 2.29. The van der Waals surface area contributed by atoms with Gasteiger partial charge in [-0.05, 0) is 23.4 Å². The summed E-state index contributed by atoms with van der Waals surface area (Å²) in [4.78, 5) is 23.7. The number of anilines is 1. The van der Waals surface area contributed by atoms with E-state index in [2.05, 4.69) is 20.7 Å². The van der Waals surface area contributed by atoms with Crippen LogP contribution >= 0.6 is 11.6 Å². The molecule has 0 fully saturated rings. The Morgan fingerprint density at radius 2 is 2.11 bits per heavy atom. The van der Waals surface area contributed by atoms with E-state index in [9.17, 15) is 14.9 Å². The van der Waals surface area contributed by atoms with Crippen LogP contribution < -0.4 is 10.1 Å². The van der Waals surface area contributed by atoms with E-state index < -0.39 is 10.8 Å². The standard InChI is InChI=1S/C16H13ClN6O4/c1-27-14-7-6-10(23(25)26)8-13(14)18-15(24)9-22-20-16(19-21-22)11-4-2-3-5-12(11)17/h2-8H,9H2,1H3,(H,18,24). The predicted octanol–water partition coefficient (Wildman–Crippen LogP) is 2.55. The second-order valence-electron chi connectivity index (χ2n) is 5.31. The summed E-state index contributed by atoms with van der Waals surface area (Å²) in [6.45, 7) is -0.247. The average molecular weight is 389 g/mol. The van der Waals surface area contributed by atoms with Crippen molar-refractivity contribution in [2.75, 3.05) is 12.4 Å². The largest absolute Gasteiger partial charge is 0.495 e. The van der Waals surface area contributed by atoms with Gasteiger partial charge in [0.2, 0.25) is 11.7 Å². The zero-order valence-electron chi connectivity index (χ0n) is 14.0. The number of nitrogens with zero attached hydrogens (tertiary/aromatic N) is 5. The molecule has 0 aliphatic heterocycles. The van der Waals surface area contributed by atoms with E-state index in [4.69, 9.17) is 16.3 Å².